The molecule has 6 nitrogen and oxygen atoms in total. The third kappa shape index (κ3) is 36.0. The predicted octanol–water partition coefficient (Wildman–Crippen LogP) is 3.76. The van der Waals surface area contributed by atoms with Gasteiger partial charge in [0.2, 0.25) is 0 Å². The van der Waals surface area contributed by atoms with Crippen LogP contribution in [0.2, 0.25) is 0 Å². The Hall–Kier alpha value is 1.46. The first-order valence-corrected chi connectivity index (χ1v) is 11.5. The van der Waals surface area contributed by atoms with Crippen LogP contribution < -0.4 is 0 Å². The standard InChI is InChI=1S/C6H12O2.2Cl2HO2P/c7-6(8)4-2-1-3-5-6;2*1-5(2,3)4/h7-8H,1-5H2;2*(H,3,4). The molecule has 0 aromatic carbocycles. The van der Waals surface area contributed by atoms with Crippen molar-refractivity contribution in [2.24, 2.45) is 0 Å². The van der Waals surface area contributed by atoms with Crippen LogP contribution in [-0.4, -0.2) is 25.8 Å². The first-order valence-electron chi connectivity index (χ1n) is 4.60. The molecule has 4 N–H and O–H groups in total. The van der Waals surface area contributed by atoms with Gasteiger partial charge < -0.3 is 20.0 Å². The predicted molar refractivity (Wildman–Crippen MR) is 73.3 cm³/mol. The molecule has 0 saturated heterocycles. The topological polar surface area (TPSA) is 115 Å². The van der Waals surface area contributed by atoms with Gasteiger partial charge in [0, 0.05) is 12.8 Å². The summed E-state index contributed by atoms with van der Waals surface area (Å²) in [4.78, 5) is 15.2. The third-order valence-electron chi connectivity index (χ3n) is 1.65. The lowest BCUT2D eigenvalue weighted by Gasteiger charge is -2.25. The van der Waals surface area contributed by atoms with Gasteiger partial charge in [-0.05, 0) is 57.8 Å². The van der Waals surface area contributed by atoms with Crippen LogP contribution in [0.25, 0.3) is 0 Å². The van der Waals surface area contributed by atoms with Crippen molar-refractivity contribution in [3.8, 4) is 0 Å². The molecular weight excluding hydrogens is 372 g/mol. The average molecular weight is 386 g/mol. The van der Waals surface area contributed by atoms with E-state index in [0.717, 1.165) is 19.3 Å². The molecule has 0 heterocycles. The zero-order valence-corrected chi connectivity index (χ0v) is 13.9. The summed E-state index contributed by atoms with van der Waals surface area (Å²) < 4.78 is 18.6. The Morgan fingerprint density at radius 3 is 1.11 bits per heavy atom. The lowest BCUT2D eigenvalue weighted by Crippen LogP contribution is -2.30. The highest BCUT2D eigenvalue weighted by atomic mass is 35.9. The molecule has 112 valence electrons. The number of hydrogen-bond acceptors (Lipinski definition) is 4. The van der Waals surface area contributed by atoms with Crippen molar-refractivity contribution in [1.29, 1.82) is 0 Å². The van der Waals surface area contributed by atoms with Crippen LogP contribution in [0.5, 0.6) is 0 Å². The molecule has 0 bridgehead atoms. The van der Waals surface area contributed by atoms with Crippen molar-refractivity contribution in [1.82, 2.24) is 0 Å². The summed E-state index contributed by atoms with van der Waals surface area (Å²) in [6.45, 7) is 0. The maximum Gasteiger partial charge on any atom is 0.377 e. The highest BCUT2D eigenvalue weighted by Crippen LogP contribution is 2.51. The van der Waals surface area contributed by atoms with Gasteiger partial charge in [-0.25, -0.2) is 0 Å². The second-order valence-electron chi connectivity index (χ2n) is 3.41. The molecule has 0 amide bonds. The molecule has 1 aliphatic rings. The summed E-state index contributed by atoms with van der Waals surface area (Å²) >= 11 is 17.6. The Morgan fingerprint density at radius 2 is 1.00 bits per heavy atom. The van der Waals surface area contributed by atoms with Crippen molar-refractivity contribution >= 4 is 57.1 Å². The molecule has 0 radical (unpaired) electrons. The van der Waals surface area contributed by atoms with E-state index < -0.39 is 17.9 Å². The van der Waals surface area contributed by atoms with Gasteiger partial charge in [-0.15, -0.1) is 0 Å². The smallest absolute Gasteiger partial charge is 0.366 e. The molecule has 1 fully saturated rings. The molecule has 0 unspecified atom stereocenters. The van der Waals surface area contributed by atoms with E-state index in [1.54, 1.807) is 0 Å². The second-order valence-corrected chi connectivity index (χ2v) is 11.7. The van der Waals surface area contributed by atoms with Crippen molar-refractivity contribution in [2.75, 3.05) is 0 Å². The molecular formula is C6H14Cl4O6P2. The third-order valence-corrected chi connectivity index (χ3v) is 1.65. The molecule has 0 atom stereocenters. The highest BCUT2D eigenvalue weighted by molar-refractivity contribution is 8.04. The Labute approximate surface area is 124 Å². The van der Waals surface area contributed by atoms with Gasteiger partial charge in [-0.2, -0.15) is 0 Å². The van der Waals surface area contributed by atoms with E-state index in [4.69, 9.17) is 20.0 Å². The van der Waals surface area contributed by atoms with E-state index in [1.807, 2.05) is 0 Å². The molecule has 1 aliphatic carbocycles. The maximum absolute atomic E-state index is 9.30. The molecule has 1 saturated carbocycles. The number of halogens is 4. The van der Waals surface area contributed by atoms with E-state index >= 15 is 0 Å². The van der Waals surface area contributed by atoms with Gasteiger partial charge in [0.1, 0.15) is 0 Å². The van der Waals surface area contributed by atoms with Crippen LogP contribution in [-0.2, 0) is 9.13 Å². The first kappa shape index (κ1) is 21.8. The summed E-state index contributed by atoms with van der Waals surface area (Å²) in [6.07, 6.45) is -3.18. The van der Waals surface area contributed by atoms with Gasteiger partial charge in [0.15, 0.2) is 5.79 Å². The van der Waals surface area contributed by atoms with Crippen LogP contribution in [0.3, 0.4) is 0 Å². The fourth-order valence-corrected chi connectivity index (χ4v) is 1.12. The monoisotopic (exact) mass is 384 g/mol. The van der Waals surface area contributed by atoms with Crippen LogP contribution >= 0.6 is 57.1 Å². The normalized spacial score (nSPS) is 18.9. The molecule has 1 rings (SSSR count). The summed E-state index contributed by atoms with van der Waals surface area (Å²) in [5.74, 6) is -1.32. The summed E-state index contributed by atoms with van der Waals surface area (Å²) in [6, 6.07) is 0. The molecule has 0 aromatic rings. The molecule has 0 spiro atoms. The van der Waals surface area contributed by atoms with Crippen molar-refractivity contribution < 1.29 is 29.1 Å². The van der Waals surface area contributed by atoms with Gasteiger partial charge >= 0.3 is 12.1 Å². The van der Waals surface area contributed by atoms with Crippen LogP contribution in [0, 0.1) is 0 Å². The van der Waals surface area contributed by atoms with Crippen LogP contribution in [0.15, 0.2) is 0 Å². The first-order chi connectivity index (χ1) is 7.71. The number of rotatable bonds is 0. The SMILES string of the molecule is O=P(O)(Cl)Cl.O=P(O)(Cl)Cl.OC1(O)CCCCC1. The Morgan fingerprint density at radius 1 is 0.778 bits per heavy atom. The second kappa shape index (κ2) is 9.41. The summed E-state index contributed by atoms with van der Waals surface area (Å²) in [5.41, 5.74) is 0. The fraction of sp³-hybridized carbons (Fsp3) is 1.00. The van der Waals surface area contributed by atoms with Crippen molar-refractivity contribution in [3.63, 3.8) is 0 Å². The van der Waals surface area contributed by atoms with Crippen LogP contribution in [0.1, 0.15) is 32.1 Å². The average Bonchev–Trinajstić information content (AvgIpc) is 1.96. The van der Waals surface area contributed by atoms with E-state index in [0.29, 0.717) is 12.8 Å². The lowest BCUT2D eigenvalue weighted by molar-refractivity contribution is -0.180. The Balaban J connectivity index is 0. The summed E-state index contributed by atoms with van der Waals surface area (Å²) in [5, 5.41) is 17.9. The zero-order valence-electron chi connectivity index (χ0n) is 9.05. The quantitative estimate of drug-likeness (QED) is 0.372. The van der Waals surface area contributed by atoms with E-state index in [1.165, 1.54) is 0 Å². The Kier molecular flexibility index (Phi) is 11.4. The van der Waals surface area contributed by atoms with Crippen molar-refractivity contribution in [3.05, 3.63) is 0 Å². The number of aliphatic hydroxyl groups is 2. The number of hydrogen-bond donors (Lipinski definition) is 4. The molecule has 0 aliphatic heterocycles. The highest BCUT2D eigenvalue weighted by Gasteiger charge is 2.24. The van der Waals surface area contributed by atoms with Gasteiger partial charge in [-0.3, -0.25) is 9.13 Å². The van der Waals surface area contributed by atoms with Crippen LogP contribution in [0.4, 0.5) is 0 Å². The summed E-state index contributed by atoms with van der Waals surface area (Å²) in [7, 11) is 0. The molecule has 18 heavy (non-hydrogen) atoms. The van der Waals surface area contributed by atoms with Gasteiger partial charge in [-0.1, -0.05) is 6.42 Å². The minimum absolute atomic E-state index is 0.562. The molecule has 12 heteroatoms. The van der Waals surface area contributed by atoms with Crippen molar-refractivity contribution in [2.45, 2.75) is 37.9 Å². The lowest BCUT2D eigenvalue weighted by atomic mass is 9.95. The van der Waals surface area contributed by atoms with E-state index in [-0.39, 0.29) is 0 Å². The largest absolute Gasteiger partial charge is 0.377 e. The minimum Gasteiger partial charge on any atom is -0.366 e. The van der Waals surface area contributed by atoms with Gasteiger partial charge in [0.05, 0.1) is 0 Å². The van der Waals surface area contributed by atoms with E-state index in [9.17, 15) is 9.13 Å². The van der Waals surface area contributed by atoms with Gasteiger partial charge in [0.25, 0.3) is 0 Å². The molecule has 0 aromatic heterocycles. The fourth-order valence-electron chi connectivity index (χ4n) is 1.12. The Bertz CT molecular complexity index is 269. The zero-order chi connectivity index (χ0) is 15.0. The maximum atomic E-state index is 9.30. The van der Waals surface area contributed by atoms with E-state index in [2.05, 4.69) is 45.0 Å². The minimum atomic E-state index is -3.69.